The summed E-state index contributed by atoms with van der Waals surface area (Å²) in [5.41, 5.74) is 9.53. The topological polar surface area (TPSA) is 24.1 Å². The number of rotatable bonds is 7. The molecule has 2 aromatic carbocycles. The minimum absolute atomic E-state index is 0.413. The average molecular weight is 268 g/mol. The van der Waals surface area contributed by atoms with E-state index in [-0.39, 0.29) is 0 Å². The predicted octanol–water partition coefficient (Wildman–Crippen LogP) is 3.34. The third-order valence-electron chi connectivity index (χ3n) is 3.35. The first-order valence-electron chi connectivity index (χ1n) is 7.33. The number of benzene rings is 2. The molecule has 0 aliphatic rings. The van der Waals surface area contributed by atoms with Crippen molar-refractivity contribution < 1.29 is 0 Å². The molecule has 0 radical (unpaired) electrons. The molecular weight excluding hydrogens is 244 g/mol. The number of hydrazine groups is 1. The number of hydrogen-bond acceptors (Lipinski definition) is 2. The Labute approximate surface area is 122 Å². The monoisotopic (exact) mass is 268 g/mol. The van der Waals surface area contributed by atoms with Crippen molar-refractivity contribution in [2.75, 3.05) is 0 Å². The van der Waals surface area contributed by atoms with Gasteiger partial charge in [-0.3, -0.25) is 10.9 Å². The third kappa shape index (κ3) is 5.16. The molecule has 106 valence electrons. The first-order valence-corrected chi connectivity index (χ1v) is 7.33. The number of hydrogen-bond donors (Lipinski definition) is 2. The summed E-state index contributed by atoms with van der Waals surface area (Å²) < 4.78 is 0. The zero-order valence-electron chi connectivity index (χ0n) is 12.3. The Balaban J connectivity index is 1.71. The van der Waals surface area contributed by atoms with E-state index in [1.165, 1.54) is 11.1 Å². The Morgan fingerprint density at radius 3 is 1.35 bits per heavy atom. The first-order chi connectivity index (χ1) is 9.74. The van der Waals surface area contributed by atoms with Gasteiger partial charge in [0.25, 0.3) is 0 Å². The van der Waals surface area contributed by atoms with Crippen LogP contribution >= 0.6 is 0 Å². The molecule has 2 rings (SSSR count). The van der Waals surface area contributed by atoms with E-state index in [2.05, 4.69) is 85.4 Å². The van der Waals surface area contributed by atoms with Crippen LogP contribution in [-0.2, 0) is 12.8 Å². The van der Waals surface area contributed by atoms with E-state index in [0.717, 1.165) is 12.8 Å². The maximum atomic E-state index is 3.40. The van der Waals surface area contributed by atoms with E-state index in [4.69, 9.17) is 0 Å². The van der Waals surface area contributed by atoms with Gasteiger partial charge in [-0.1, -0.05) is 60.7 Å². The molecule has 2 atom stereocenters. The maximum absolute atomic E-state index is 3.40. The van der Waals surface area contributed by atoms with E-state index < -0.39 is 0 Å². The van der Waals surface area contributed by atoms with Gasteiger partial charge in [-0.05, 0) is 37.8 Å². The largest absolute Gasteiger partial charge is 0.254 e. The van der Waals surface area contributed by atoms with Gasteiger partial charge in [-0.15, -0.1) is 0 Å². The van der Waals surface area contributed by atoms with Crippen LogP contribution < -0.4 is 10.9 Å². The predicted molar refractivity (Wildman–Crippen MR) is 85.5 cm³/mol. The fourth-order valence-corrected chi connectivity index (χ4v) is 2.32. The molecule has 0 spiro atoms. The van der Waals surface area contributed by atoms with Gasteiger partial charge in [-0.2, -0.15) is 0 Å². The molecule has 2 nitrogen and oxygen atoms in total. The smallest absolute Gasteiger partial charge is 0.0225 e. The van der Waals surface area contributed by atoms with E-state index in [1.54, 1.807) is 0 Å². The van der Waals surface area contributed by atoms with Crippen molar-refractivity contribution in [2.24, 2.45) is 0 Å². The van der Waals surface area contributed by atoms with Gasteiger partial charge in [0.15, 0.2) is 0 Å². The zero-order valence-corrected chi connectivity index (χ0v) is 12.3. The van der Waals surface area contributed by atoms with Crippen molar-refractivity contribution >= 4 is 0 Å². The highest BCUT2D eigenvalue weighted by Gasteiger charge is 2.06. The molecule has 0 unspecified atom stereocenters. The normalized spacial score (nSPS) is 13.9. The summed E-state index contributed by atoms with van der Waals surface area (Å²) in [6.07, 6.45) is 2.07. The average Bonchev–Trinajstić information content (AvgIpc) is 2.47. The standard InChI is InChI=1S/C18H24N2/c1-15(13-17-9-5-3-6-10-17)19-20-16(2)14-18-11-7-4-8-12-18/h3-12,15-16,19-20H,13-14H2,1-2H3/t15-,16+. The van der Waals surface area contributed by atoms with Gasteiger partial charge < -0.3 is 0 Å². The Bertz CT molecular complexity index is 434. The van der Waals surface area contributed by atoms with Crippen LogP contribution in [0.15, 0.2) is 60.7 Å². The van der Waals surface area contributed by atoms with Crippen LogP contribution in [0.25, 0.3) is 0 Å². The Morgan fingerprint density at radius 1 is 0.650 bits per heavy atom. The molecule has 20 heavy (non-hydrogen) atoms. The lowest BCUT2D eigenvalue weighted by molar-refractivity contribution is 0.394. The Kier molecular flexibility index (Phi) is 5.78. The van der Waals surface area contributed by atoms with Gasteiger partial charge in [0, 0.05) is 12.1 Å². The second-order valence-corrected chi connectivity index (χ2v) is 5.47. The molecule has 0 bridgehead atoms. The molecule has 0 aliphatic heterocycles. The Hall–Kier alpha value is -1.64. The van der Waals surface area contributed by atoms with Crippen LogP contribution in [0.1, 0.15) is 25.0 Å². The summed E-state index contributed by atoms with van der Waals surface area (Å²) >= 11 is 0. The van der Waals surface area contributed by atoms with Crippen LogP contribution in [0, 0.1) is 0 Å². The van der Waals surface area contributed by atoms with Gasteiger partial charge in [0.2, 0.25) is 0 Å². The molecule has 2 heteroatoms. The quantitative estimate of drug-likeness (QED) is 0.753. The third-order valence-corrected chi connectivity index (χ3v) is 3.35. The van der Waals surface area contributed by atoms with Crippen LogP contribution in [0.5, 0.6) is 0 Å². The minimum atomic E-state index is 0.413. The fraction of sp³-hybridized carbons (Fsp3) is 0.333. The molecule has 2 N–H and O–H groups in total. The van der Waals surface area contributed by atoms with Crippen molar-refractivity contribution in [2.45, 2.75) is 38.8 Å². The highest BCUT2D eigenvalue weighted by atomic mass is 15.4. The lowest BCUT2D eigenvalue weighted by Gasteiger charge is -2.19. The van der Waals surface area contributed by atoms with Crippen molar-refractivity contribution in [1.82, 2.24) is 10.9 Å². The second-order valence-electron chi connectivity index (χ2n) is 5.47. The number of nitrogens with one attached hydrogen (secondary N) is 2. The maximum Gasteiger partial charge on any atom is 0.0225 e. The Morgan fingerprint density at radius 2 is 1.00 bits per heavy atom. The fourth-order valence-electron chi connectivity index (χ4n) is 2.32. The first kappa shape index (κ1) is 14.8. The van der Waals surface area contributed by atoms with Crippen molar-refractivity contribution in [3.8, 4) is 0 Å². The van der Waals surface area contributed by atoms with E-state index >= 15 is 0 Å². The van der Waals surface area contributed by atoms with Crippen LogP contribution in [0.3, 0.4) is 0 Å². The van der Waals surface area contributed by atoms with E-state index in [0.29, 0.717) is 12.1 Å². The van der Waals surface area contributed by atoms with Crippen LogP contribution in [0.2, 0.25) is 0 Å². The molecule has 0 saturated heterocycles. The van der Waals surface area contributed by atoms with Gasteiger partial charge in [0.1, 0.15) is 0 Å². The molecule has 2 aromatic rings. The molecular formula is C18H24N2. The summed E-state index contributed by atoms with van der Waals surface area (Å²) in [5.74, 6) is 0. The van der Waals surface area contributed by atoms with Gasteiger partial charge in [0.05, 0.1) is 0 Å². The summed E-state index contributed by atoms with van der Waals surface area (Å²) in [7, 11) is 0. The molecule has 0 amide bonds. The second kappa shape index (κ2) is 7.83. The highest BCUT2D eigenvalue weighted by Crippen LogP contribution is 2.04. The van der Waals surface area contributed by atoms with Gasteiger partial charge in [-0.25, -0.2) is 0 Å². The SMILES string of the molecule is C[C@H](Cc1ccccc1)NN[C@@H](C)Cc1ccccc1. The molecule has 0 aromatic heterocycles. The van der Waals surface area contributed by atoms with Crippen LogP contribution in [0.4, 0.5) is 0 Å². The highest BCUT2D eigenvalue weighted by molar-refractivity contribution is 5.16. The lowest BCUT2D eigenvalue weighted by atomic mass is 10.1. The molecule has 0 saturated carbocycles. The zero-order chi connectivity index (χ0) is 14.2. The summed E-state index contributed by atoms with van der Waals surface area (Å²) in [4.78, 5) is 0. The van der Waals surface area contributed by atoms with Crippen molar-refractivity contribution in [1.29, 1.82) is 0 Å². The minimum Gasteiger partial charge on any atom is -0.254 e. The summed E-state index contributed by atoms with van der Waals surface area (Å²) in [5, 5.41) is 0. The van der Waals surface area contributed by atoms with E-state index in [9.17, 15) is 0 Å². The summed E-state index contributed by atoms with van der Waals surface area (Å²) in [6, 6.07) is 22.0. The molecule has 0 heterocycles. The summed E-state index contributed by atoms with van der Waals surface area (Å²) in [6.45, 7) is 4.41. The van der Waals surface area contributed by atoms with Gasteiger partial charge >= 0.3 is 0 Å². The van der Waals surface area contributed by atoms with E-state index in [1.807, 2.05) is 0 Å². The molecule has 0 fully saturated rings. The van der Waals surface area contributed by atoms with Crippen LogP contribution in [-0.4, -0.2) is 12.1 Å². The van der Waals surface area contributed by atoms with Crippen molar-refractivity contribution in [3.05, 3.63) is 71.8 Å². The van der Waals surface area contributed by atoms with Crippen molar-refractivity contribution in [3.63, 3.8) is 0 Å². The molecule has 0 aliphatic carbocycles. The lowest BCUT2D eigenvalue weighted by Crippen LogP contribution is -2.45.